The lowest BCUT2D eigenvalue weighted by molar-refractivity contribution is -0.384. The quantitative estimate of drug-likeness (QED) is 0.600. The number of anilines is 1. The van der Waals surface area contributed by atoms with Gasteiger partial charge in [0.2, 0.25) is 0 Å². The maximum absolute atomic E-state index is 10.2. The normalized spacial score (nSPS) is 7.53. The van der Waals surface area contributed by atoms with Crippen LogP contribution in [0.4, 0.5) is 11.4 Å². The molecule has 15 heavy (non-hydrogen) atoms. The first-order chi connectivity index (χ1) is 7.24. The summed E-state index contributed by atoms with van der Waals surface area (Å²) in [5.41, 5.74) is 0.986. The van der Waals surface area contributed by atoms with E-state index >= 15 is 0 Å². The molecule has 4 nitrogen and oxygen atoms in total. The minimum atomic E-state index is -0.417. The Balaban J connectivity index is 0. The van der Waals surface area contributed by atoms with Gasteiger partial charge in [0.05, 0.1) is 4.92 Å². The molecule has 0 bridgehead atoms. The molecule has 1 N–H and O–H groups in total. The minimum Gasteiger partial charge on any atom is -0.388 e. The Labute approximate surface area is 91.5 Å². The van der Waals surface area contributed by atoms with Crippen LogP contribution in [0.3, 0.4) is 0 Å². The maximum atomic E-state index is 10.2. The van der Waals surface area contributed by atoms with Crippen LogP contribution in [0.1, 0.15) is 27.7 Å². The summed E-state index contributed by atoms with van der Waals surface area (Å²) in [5.74, 6) is 0. The van der Waals surface area contributed by atoms with Gasteiger partial charge in [0.15, 0.2) is 0 Å². The van der Waals surface area contributed by atoms with E-state index in [1.54, 1.807) is 19.2 Å². The van der Waals surface area contributed by atoms with Gasteiger partial charge in [0.1, 0.15) is 0 Å². The third-order valence-electron chi connectivity index (χ3n) is 1.37. The zero-order chi connectivity index (χ0) is 12.3. The molecule has 0 spiro atoms. The van der Waals surface area contributed by atoms with E-state index in [9.17, 15) is 10.1 Å². The SMILES string of the molecule is CC.CC.CNc1ccc([N+](=O)[O-])cc1. The van der Waals surface area contributed by atoms with Crippen molar-refractivity contribution in [1.29, 1.82) is 0 Å². The first-order valence-electron chi connectivity index (χ1n) is 5.16. The predicted molar refractivity (Wildman–Crippen MR) is 65.3 cm³/mol. The molecule has 4 heteroatoms. The third-order valence-corrected chi connectivity index (χ3v) is 1.37. The van der Waals surface area contributed by atoms with Crippen LogP contribution in [0, 0.1) is 10.1 Å². The van der Waals surface area contributed by atoms with E-state index in [0.717, 1.165) is 5.69 Å². The molecule has 1 aromatic carbocycles. The summed E-state index contributed by atoms with van der Waals surface area (Å²) in [4.78, 5) is 9.77. The Bertz CT molecular complexity index is 258. The highest BCUT2D eigenvalue weighted by Gasteiger charge is 2.01. The van der Waals surface area contributed by atoms with Crippen molar-refractivity contribution in [1.82, 2.24) is 0 Å². The summed E-state index contributed by atoms with van der Waals surface area (Å²) in [7, 11) is 1.77. The second-order valence-corrected chi connectivity index (χ2v) is 2.05. The molecule has 0 aliphatic heterocycles. The van der Waals surface area contributed by atoms with Crippen molar-refractivity contribution < 1.29 is 4.92 Å². The summed E-state index contributed by atoms with van der Waals surface area (Å²) in [5, 5.41) is 13.1. The fourth-order valence-corrected chi connectivity index (χ4v) is 0.750. The fraction of sp³-hybridized carbons (Fsp3) is 0.455. The van der Waals surface area contributed by atoms with Gasteiger partial charge in [0, 0.05) is 24.9 Å². The van der Waals surface area contributed by atoms with Gasteiger partial charge >= 0.3 is 0 Å². The highest BCUT2D eigenvalue weighted by atomic mass is 16.6. The van der Waals surface area contributed by atoms with Crippen LogP contribution in [-0.2, 0) is 0 Å². The number of hydrogen-bond acceptors (Lipinski definition) is 3. The Hall–Kier alpha value is -1.58. The second kappa shape index (κ2) is 10.5. The smallest absolute Gasteiger partial charge is 0.269 e. The second-order valence-electron chi connectivity index (χ2n) is 2.05. The zero-order valence-electron chi connectivity index (χ0n) is 10.1. The van der Waals surface area contributed by atoms with E-state index in [2.05, 4.69) is 5.32 Å². The molecule has 0 aliphatic carbocycles. The number of nitro benzene ring substituents is 1. The molecule has 0 fully saturated rings. The summed E-state index contributed by atoms with van der Waals surface area (Å²) in [6, 6.07) is 6.26. The summed E-state index contributed by atoms with van der Waals surface area (Å²) in [6.07, 6.45) is 0. The third kappa shape index (κ3) is 6.49. The van der Waals surface area contributed by atoms with Crippen LogP contribution in [-0.4, -0.2) is 12.0 Å². The van der Waals surface area contributed by atoms with Gasteiger partial charge in [-0.3, -0.25) is 10.1 Å². The number of non-ortho nitro benzene ring substituents is 1. The lowest BCUT2D eigenvalue weighted by Crippen LogP contribution is -1.89. The Morgan fingerprint density at radius 1 is 1.07 bits per heavy atom. The monoisotopic (exact) mass is 212 g/mol. The molecule has 0 heterocycles. The number of rotatable bonds is 2. The van der Waals surface area contributed by atoms with E-state index in [1.165, 1.54) is 12.1 Å². The molecule has 0 aromatic heterocycles. The van der Waals surface area contributed by atoms with Crippen LogP contribution in [0.5, 0.6) is 0 Å². The summed E-state index contributed by atoms with van der Waals surface area (Å²) < 4.78 is 0. The van der Waals surface area contributed by atoms with E-state index in [-0.39, 0.29) is 5.69 Å². The van der Waals surface area contributed by atoms with Gasteiger partial charge in [-0.25, -0.2) is 0 Å². The molecule has 0 aliphatic rings. The van der Waals surface area contributed by atoms with E-state index < -0.39 is 4.92 Å². The van der Waals surface area contributed by atoms with Crippen molar-refractivity contribution in [3.8, 4) is 0 Å². The number of nitro groups is 1. The van der Waals surface area contributed by atoms with Gasteiger partial charge in [-0.15, -0.1) is 0 Å². The van der Waals surface area contributed by atoms with Crippen molar-refractivity contribution >= 4 is 11.4 Å². The van der Waals surface area contributed by atoms with E-state index in [4.69, 9.17) is 0 Å². The first kappa shape index (κ1) is 15.9. The minimum absolute atomic E-state index is 0.115. The summed E-state index contributed by atoms with van der Waals surface area (Å²) >= 11 is 0. The molecule has 0 saturated heterocycles. The van der Waals surface area contributed by atoms with Gasteiger partial charge in [-0.1, -0.05) is 27.7 Å². The van der Waals surface area contributed by atoms with Crippen molar-refractivity contribution in [2.75, 3.05) is 12.4 Å². The van der Waals surface area contributed by atoms with Crippen molar-refractivity contribution in [2.45, 2.75) is 27.7 Å². The van der Waals surface area contributed by atoms with Gasteiger partial charge in [0.25, 0.3) is 5.69 Å². The van der Waals surface area contributed by atoms with Crippen LogP contribution in [0.2, 0.25) is 0 Å². The summed E-state index contributed by atoms with van der Waals surface area (Å²) in [6.45, 7) is 8.00. The Morgan fingerprint density at radius 2 is 1.47 bits per heavy atom. The largest absolute Gasteiger partial charge is 0.388 e. The average molecular weight is 212 g/mol. The number of hydrogen-bond donors (Lipinski definition) is 1. The standard InChI is InChI=1S/C7H8N2O2.2C2H6/c1-8-6-2-4-7(5-3-6)9(10)11;2*1-2/h2-5,8H,1H3;2*1-2H3. The molecule has 1 aromatic rings. The average Bonchev–Trinajstić information content (AvgIpc) is 2.34. The maximum Gasteiger partial charge on any atom is 0.269 e. The highest BCUT2D eigenvalue weighted by Crippen LogP contribution is 2.14. The molecule has 0 atom stereocenters. The van der Waals surface area contributed by atoms with Crippen molar-refractivity contribution in [2.24, 2.45) is 0 Å². The molecule has 1 rings (SSSR count). The van der Waals surface area contributed by atoms with Gasteiger partial charge in [-0.05, 0) is 12.1 Å². The molecule has 86 valence electrons. The highest BCUT2D eigenvalue weighted by molar-refractivity contribution is 5.47. The molecular formula is C11H20N2O2. The first-order valence-corrected chi connectivity index (χ1v) is 5.16. The van der Waals surface area contributed by atoms with Crippen LogP contribution in [0.25, 0.3) is 0 Å². The molecule has 0 amide bonds. The zero-order valence-corrected chi connectivity index (χ0v) is 10.1. The van der Waals surface area contributed by atoms with Crippen LogP contribution < -0.4 is 5.32 Å². The Kier molecular flexibility index (Phi) is 11.1. The predicted octanol–water partition coefficient (Wildman–Crippen LogP) is 3.69. The van der Waals surface area contributed by atoms with E-state index in [0.29, 0.717) is 0 Å². The molecule has 0 saturated carbocycles. The lowest BCUT2D eigenvalue weighted by atomic mass is 10.3. The molecule has 0 unspecified atom stereocenters. The van der Waals surface area contributed by atoms with Crippen LogP contribution in [0.15, 0.2) is 24.3 Å². The Morgan fingerprint density at radius 3 is 1.73 bits per heavy atom. The lowest BCUT2D eigenvalue weighted by Gasteiger charge is -1.96. The van der Waals surface area contributed by atoms with Gasteiger partial charge in [-0.2, -0.15) is 0 Å². The number of nitrogens with one attached hydrogen (secondary N) is 1. The topological polar surface area (TPSA) is 55.2 Å². The van der Waals surface area contributed by atoms with Crippen molar-refractivity contribution in [3.05, 3.63) is 34.4 Å². The fourth-order valence-electron chi connectivity index (χ4n) is 0.750. The number of nitrogens with zero attached hydrogens (tertiary/aromatic N) is 1. The molecule has 0 radical (unpaired) electrons. The van der Waals surface area contributed by atoms with Crippen molar-refractivity contribution in [3.63, 3.8) is 0 Å². The van der Waals surface area contributed by atoms with E-state index in [1.807, 2.05) is 27.7 Å². The van der Waals surface area contributed by atoms with Crippen LogP contribution >= 0.6 is 0 Å². The number of benzene rings is 1. The van der Waals surface area contributed by atoms with Gasteiger partial charge < -0.3 is 5.32 Å². The molecular weight excluding hydrogens is 192 g/mol.